The van der Waals surface area contributed by atoms with Crippen molar-refractivity contribution < 1.29 is 14.3 Å². The van der Waals surface area contributed by atoms with E-state index in [9.17, 15) is 9.18 Å². The second-order valence-corrected chi connectivity index (χ2v) is 6.10. The van der Waals surface area contributed by atoms with Crippen molar-refractivity contribution in [3.63, 3.8) is 0 Å². The summed E-state index contributed by atoms with van der Waals surface area (Å²) in [4.78, 5) is 12.7. The molecule has 0 saturated carbocycles. The summed E-state index contributed by atoms with van der Waals surface area (Å²) in [6.45, 7) is 1.78. The summed E-state index contributed by atoms with van der Waals surface area (Å²) in [6, 6.07) is 10.4. The van der Waals surface area contributed by atoms with E-state index in [2.05, 4.69) is 0 Å². The third-order valence-corrected chi connectivity index (χ3v) is 4.22. The van der Waals surface area contributed by atoms with Gasteiger partial charge >= 0.3 is 5.97 Å². The molecule has 24 heavy (non-hydrogen) atoms. The number of carboxylic acid groups (broad SMARTS) is 1. The van der Waals surface area contributed by atoms with Crippen LogP contribution in [-0.2, 0) is 4.79 Å². The molecule has 0 aliphatic carbocycles. The molecule has 0 aliphatic heterocycles. The molecule has 2 rings (SSSR count). The third kappa shape index (κ3) is 4.24. The molecular weight excluding hydrogens is 354 g/mol. The predicted molar refractivity (Wildman–Crippen MR) is 94.4 cm³/mol. The Balaban J connectivity index is 2.44. The molecule has 0 radical (unpaired) electrons. The van der Waals surface area contributed by atoms with Crippen LogP contribution in [0.15, 0.2) is 42.5 Å². The number of halogens is 3. The van der Waals surface area contributed by atoms with E-state index in [1.807, 2.05) is 0 Å². The molecule has 0 aromatic heterocycles. The Morgan fingerprint density at radius 3 is 2.29 bits per heavy atom. The molecule has 2 aromatic carbocycles. The smallest absolute Gasteiger partial charge is 0.349 e. The van der Waals surface area contributed by atoms with Crippen LogP contribution in [0.25, 0.3) is 0 Å². The number of carbonyl (C=O) groups is 1. The van der Waals surface area contributed by atoms with Gasteiger partial charge in [0.25, 0.3) is 0 Å². The summed E-state index contributed by atoms with van der Waals surface area (Å²) in [5.74, 6) is -1.64. The molecule has 2 N–H and O–H groups in total. The molecule has 0 saturated heterocycles. The van der Waals surface area contributed by atoms with E-state index in [-0.39, 0.29) is 18.3 Å². The lowest BCUT2D eigenvalue weighted by atomic mass is 10.1. The van der Waals surface area contributed by atoms with Gasteiger partial charge in [-0.2, -0.15) is 0 Å². The van der Waals surface area contributed by atoms with Gasteiger partial charge in [0.2, 0.25) is 0 Å². The van der Waals surface area contributed by atoms with Gasteiger partial charge < -0.3 is 10.0 Å². The number of hydrogen-bond donors (Lipinski definition) is 2. The van der Waals surface area contributed by atoms with Crippen LogP contribution < -0.4 is 4.90 Å². The molecular formula is C17H15Cl2FN2O2. The van der Waals surface area contributed by atoms with Crippen LogP contribution >= 0.6 is 23.2 Å². The molecule has 4 nitrogen and oxygen atoms in total. The quantitative estimate of drug-likeness (QED) is 0.692. The summed E-state index contributed by atoms with van der Waals surface area (Å²) in [7, 11) is 0. The van der Waals surface area contributed by atoms with Crippen molar-refractivity contribution in [1.82, 2.24) is 0 Å². The van der Waals surface area contributed by atoms with E-state index in [1.54, 1.807) is 42.2 Å². The Labute approximate surface area is 148 Å². The number of nitrogens with zero attached hydrogens (tertiary/aromatic N) is 1. The number of anilines is 2. The topological polar surface area (TPSA) is 64.4 Å². The number of benzene rings is 2. The van der Waals surface area contributed by atoms with E-state index in [0.717, 1.165) is 0 Å². The first kappa shape index (κ1) is 18.2. The molecule has 0 spiro atoms. The van der Waals surface area contributed by atoms with Gasteiger partial charge in [-0.1, -0.05) is 23.2 Å². The number of hydrogen-bond acceptors (Lipinski definition) is 3. The number of carboxylic acids is 1. The van der Waals surface area contributed by atoms with Gasteiger partial charge in [0, 0.05) is 23.8 Å². The van der Waals surface area contributed by atoms with Crippen LogP contribution in [0.2, 0.25) is 10.0 Å². The molecule has 1 atom stereocenters. The first-order valence-electron chi connectivity index (χ1n) is 7.10. The van der Waals surface area contributed by atoms with Crippen molar-refractivity contribution in [3.8, 4) is 0 Å². The van der Waals surface area contributed by atoms with Crippen LogP contribution in [0.4, 0.5) is 15.8 Å². The molecule has 0 amide bonds. The maximum absolute atomic E-state index is 13.2. The fourth-order valence-corrected chi connectivity index (χ4v) is 2.66. The molecule has 0 bridgehead atoms. The minimum absolute atomic E-state index is 0.00690. The second kappa shape index (κ2) is 7.64. The molecule has 0 fully saturated rings. The first-order valence-corrected chi connectivity index (χ1v) is 7.85. The Kier molecular flexibility index (Phi) is 5.80. The van der Waals surface area contributed by atoms with Gasteiger partial charge in [0.05, 0.1) is 10.0 Å². The van der Waals surface area contributed by atoms with Gasteiger partial charge in [-0.05, 0) is 49.4 Å². The van der Waals surface area contributed by atoms with Crippen LogP contribution in [-0.4, -0.2) is 22.8 Å². The van der Waals surface area contributed by atoms with Crippen molar-refractivity contribution in [2.45, 2.75) is 19.4 Å². The van der Waals surface area contributed by atoms with Gasteiger partial charge in [0.1, 0.15) is 11.5 Å². The molecule has 0 heterocycles. The van der Waals surface area contributed by atoms with Crippen molar-refractivity contribution in [2.75, 3.05) is 4.90 Å². The second-order valence-electron chi connectivity index (χ2n) is 5.28. The lowest BCUT2D eigenvalue weighted by molar-refractivity contribution is -0.129. The summed E-state index contributed by atoms with van der Waals surface area (Å²) < 4.78 is 13.2. The summed E-state index contributed by atoms with van der Waals surface area (Å²) in [6.07, 6.45) is 0.00690. The Hall–Kier alpha value is -2.11. The zero-order chi connectivity index (χ0) is 17.9. The van der Waals surface area contributed by atoms with Gasteiger partial charge in [-0.3, -0.25) is 5.41 Å². The highest BCUT2D eigenvalue weighted by Crippen LogP contribution is 2.33. The van der Waals surface area contributed by atoms with E-state index in [4.69, 9.17) is 33.7 Å². The van der Waals surface area contributed by atoms with Crippen molar-refractivity contribution in [3.05, 3.63) is 58.3 Å². The lowest BCUT2D eigenvalue weighted by Gasteiger charge is -2.31. The molecule has 7 heteroatoms. The standard InChI is InChI=1S/C17H15Cl2FN2O2/c1-10(8-16(21)17(23)24)22(12-4-2-11(20)3-5-12)13-6-7-14(18)15(19)9-13/h2-7,9-10,21H,8H2,1H3,(H,23,24). The summed E-state index contributed by atoms with van der Waals surface area (Å²) >= 11 is 12.0. The van der Waals surface area contributed by atoms with Crippen molar-refractivity contribution >= 4 is 46.3 Å². The van der Waals surface area contributed by atoms with E-state index in [0.29, 0.717) is 21.4 Å². The largest absolute Gasteiger partial charge is 0.477 e. The molecule has 0 aliphatic rings. The summed E-state index contributed by atoms with van der Waals surface area (Å²) in [5, 5.41) is 17.3. The monoisotopic (exact) mass is 368 g/mol. The van der Waals surface area contributed by atoms with Gasteiger partial charge in [-0.25, -0.2) is 9.18 Å². The minimum Gasteiger partial charge on any atom is -0.477 e. The lowest BCUT2D eigenvalue weighted by Crippen LogP contribution is -2.32. The SMILES string of the molecule is CC(CC(=N)C(=O)O)N(c1ccc(F)cc1)c1ccc(Cl)c(Cl)c1. The zero-order valence-corrected chi connectivity index (χ0v) is 14.3. The van der Waals surface area contributed by atoms with E-state index in [1.165, 1.54) is 12.1 Å². The van der Waals surface area contributed by atoms with Crippen LogP contribution in [0.5, 0.6) is 0 Å². The minimum atomic E-state index is -1.27. The van der Waals surface area contributed by atoms with Crippen LogP contribution in [0, 0.1) is 11.2 Å². The predicted octanol–water partition coefficient (Wildman–Crippen LogP) is 5.15. The fraction of sp³-hybridized carbons (Fsp3) is 0.176. The highest BCUT2D eigenvalue weighted by Gasteiger charge is 2.21. The van der Waals surface area contributed by atoms with Crippen LogP contribution in [0.1, 0.15) is 13.3 Å². The maximum atomic E-state index is 13.2. The Morgan fingerprint density at radius 1 is 1.17 bits per heavy atom. The first-order chi connectivity index (χ1) is 11.3. The normalized spacial score (nSPS) is 11.8. The number of nitrogens with one attached hydrogen (secondary N) is 1. The highest BCUT2D eigenvalue weighted by molar-refractivity contribution is 6.42. The van der Waals surface area contributed by atoms with E-state index >= 15 is 0 Å². The maximum Gasteiger partial charge on any atom is 0.349 e. The number of rotatable bonds is 6. The van der Waals surface area contributed by atoms with E-state index < -0.39 is 11.7 Å². The average Bonchev–Trinajstić information content (AvgIpc) is 2.52. The number of aliphatic carboxylic acids is 1. The van der Waals surface area contributed by atoms with Crippen molar-refractivity contribution in [1.29, 1.82) is 5.41 Å². The average molecular weight is 369 g/mol. The van der Waals surface area contributed by atoms with Gasteiger partial charge in [-0.15, -0.1) is 0 Å². The molecule has 1 unspecified atom stereocenters. The van der Waals surface area contributed by atoms with Crippen LogP contribution in [0.3, 0.4) is 0 Å². The summed E-state index contributed by atoms with van der Waals surface area (Å²) in [5.41, 5.74) is 0.914. The van der Waals surface area contributed by atoms with Crippen molar-refractivity contribution in [2.24, 2.45) is 0 Å². The fourth-order valence-electron chi connectivity index (χ4n) is 2.37. The molecule has 126 valence electrons. The highest BCUT2D eigenvalue weighted by atomic mass is 35.5. The Bertz CT molecular complexity index is 766. The third-order valence-electron chi connectivity index (χ3n) is 3.48. The zero-order valence-electron chi connectivity index (χ0n) is 12.8. The Morgan fingerprint density at radius 2 is 1.75 bits per heavy atom. The van der Waals surface area contributed by atoms with Gasteiger partial charge in [0.15, 0.2) is 0 Å². The molecule has 2 aromatic rings.